The maximum absolute atomic E-state index is 12.0. The molecule has 1 aromatic carbocycles. The van der Waals surface area contributed by atoms with E-state index in [-0.39, 0.29) is 17.1 Å². The molecule has 1 aliphatic heterocycles. The van der Waals surface area contributed by atoms with Gasteiger partial charge in [-0.1, -0.05) is 32.9 Å². The summed E-state index contributed by atoms with van der Waals surface area (Å²) in [6.07, 6.45) is 0.875. The summed E-state index contributed by atoms with van der Waals surface area (Å²) in [6.45, 7) is 8.94. The van der Waals surface area contributed by atoms with Crippen LogP contribution in [0.2, 0.25) is 0 Å². The van der Waals surface area contributed by atoms with Crippen LogP contribution in [0.5, 0.6) is 0 Å². The number of carbonyl (C=O) groups is 2. The molecule has 1 aromatic rings. The number of aryl methyl sites for hydroxylation is 1. The molecule has 0 spiro atoms. The molecular weight excluding hydrogens is 226 g/mol. The predicted molar refractivity (Wildman–Crippen MR) is 71.9 cm³/mol. The van der Waals surface area contributed by atoms with Crippen molar-refractivity contribution in [2.24, 2.45) is 5.41 Å². The monoisotopic (exact) mass is 245 g/mol. The minimum absolute atomic E-state index is 0.148. The first-order valence-corrected chi connectivity index (χ1v) is 6.27. The number of hydrogen-bond donors (Lipinski definition) is 0. The zero-order valence-corrected chi connectivity index (χ0v) is 11.4. The highest BCUT2D eigenvalue weighted by Crippen LogP contribution is 2.33. The third-order valence-corrected chi connectivity index (χ3v) is 3.28. The topological polar surface area (TPSA) is 37.4 Å². The van der Waals surface area contributed by atoms with Gasteiger partial charge in [-0.25, -0.2) is 0 Å². The largest absolute Gasteiger partial charge is 0.304 e. The molecule has 0 radical (unpaired) electrons. The normalized spacial score (nSPS) is 15.2. The molecule has 3 nitrogen and oxygen atoms in total. The summed E-state index contributed by atoms with van der Waals surface area (Å²) in [5.41, 5.74) is 2.49. The zero-order chi connectivity index (χ0) is 13.5. The van der Waals surface area contributed by atoms with Crippen molar-refractivity contribution in [1.82, 2.24) is 0 Å². The Kier molecular flexibility index (Phi) is 3.01. The summed E-state index contributed by atoms with van der Waals surface area (Å²) in [4.78, 5) is 25.5. The third kappa shape index (κ3) is 2.17. The lowest BCUT2D eigenvalue weighted by molar-refractivity contribution is -0.114. The van der Waals surface area contributed by atoms with Crippen molar-refractivity contribution >= 4 is 17.4 Å². The lowest BCUT2D eigenvalue weighted by Gasteiger charge is -2.24. The van der Waals surface area contributed by atoms with E-state index < -0.39 is 0 Å². The molecule has 1 aliphatic rings. The van der Waals surface area contributed by atoms with E-state index in [2.05, 4.69) is 20.8 Å². The summed E-state index contributed by atoms with van der Waals surface area (Å²) < 4.78 is 0. The van der Waals surface area contributed by atoms with Crippen molar-refractivity contribution in [2.45, 2.75) is 34.1 Å². The van der Waals surface area contributed by atoms with Gasteiger partial charge >= 0.3 is 0 Å². The van der Waals surface area contributed by atoms with E-state index in [0.29, 0.717) is 12.1 Å². The first-order valence-electron chi connectivity index (χ1n) is 6.27. The summed E-state index contributed by atoms with van der Waals surface area (Å²) in [7, 11) is 0. The Morgan fingerprint density at radius 1 is 1.17 bits per heavy atom. The average molecular weight is 245 g/mol. The van der Waals surface area contributed by atoms with E-state index in [4.69, 9.17) is 0 Å². The van der Waals surface area contributed by atoms with E-state index in [1.807, 2.05) is 19.1 Å². The molecule has 0 fully saturated rings. The number of hydrogen-bond acceptors (Lipinski definition) is 2. The molecule has 0 unspecified atom stereocenters. The van der Waals surface area contributed by atoms with Crippen LogP contribution < -0.4 is 4.90 Å². The number of Topliss-reactive ketones (excluding diaryl/α,β-unsaturated/α-hetero) is 1. The molecule has 0 saturated heterocycles. The first kappa shape index (κ1) is 12.8. The number of para-hydroxylation sites is 1. The molecule has 0 saturated carbocycles. The van der Waals surface area contributed by atoms with Crippen LogP contribution >= 0.6 is 0 Å². The lowest BCUT2D eigenvalue weighted by atomic mass is 9.92. The van der Waals surface area contributed by atoms with E-state index >= 15 is 0 Å². The second kappa shape index (κ2) is 4.23. The Labute approximate surface area is 108 Å². The summed E-state index contributed by atoms with van der Waals surface area (Å²) >= 11 is 0. The number of ketones is 1. The number of fused-ring (bicyclic) bond motifs is 1. The third-order valence-electron chi connectivity index (χ3n) is 3.28. The summed E-state index contributed by atoms with van der Waals surface area (Å²) in [5, 5.41) is 0. The van der Waals surface area contributed by atoms with Crippen molar-refractivity contribution in [3.63, 3.8) is 0 Å². The van der Waals surface area contributed by atoms with Crippen LogP contribution in [-0.2, 0) is 4.79 Å². The van der Waals surface area contributed by atoms with Crippen LogP contribution in [0, 0.1) is 12.3 Å². The molecule has 0 N–H and O–H groups in total. The second-order valence-corrected chi connectivity index (χ2v) is 6.07. The van der Waals surface area contributed by atoms with Crippen LogP contribution in [-0.4, -0.2) is 18.2 Å². The average Bonchev–Trinajstić information content (AvgIpc) is 2.51. The van der Waals surface area contributed by atoms with Gasteiger partial charge in [-0.2, -0.15) is 0 Å². The highest BCUT2D eigenvalue weighted by molar-refractivity contribution is 6.52. The molecule has 96 valence electrons. The Balaban J connectivity index is 2.34. The summed E-state index contributed by atoms with van der Waals surface area (Å²) in [6, 6.07) is 5.50. The first-order chi connectivity index (χ1) is 8.31. The van der Waals surface area contributed by atoms with E-state index in [1.165, 1.54) is 0 Å². The van der Waals surface area contributed by atoms with Crippen molar-refractivity contribution in [3.05, 3.63) is 29.3 Å². The minimum Gasteiger partial charge on any atom is -0.304 e. The molecule has 2 rings (SSSR count). The molecule has 0 bridgehead atoms. The Bertz CT molecular complexity index is 512. The van der Waals surface area contributed by atoms with Gasteiger partial charge < -0.3 is 4.90 Å². The van der Waals surface area contributed by atoms with Crippen molar-refractivity contribution in [3.8, 4) is 0 Å². The van der Waals surface area contributed by atoms with Crippen molar-refractivity contribution in [1.29, 1.82) is 0 Å². The zero-order valence-electron chi connectivity index (χ0n) is 11.4. The van der Waals surface area contributed by atoms with Gasteiger partial charge in [0.1, 0.15) is 0 Å². The van der Waals surface area contributed by atoms with Crippen LogP contribution in [0.25, 0.3) is 0 Å². The maximum atomic E-state index is 12.0. The number of amides is 1. The van der Waals surface area contributed by atoms with Crippen molar-refractivity contribution in [2.75, 3.05) is 11.4 Å². The van der Waals surface area contributed by atoms with Gasteiger partial charge in [0.05, 0.1) is 11.3 Å². The predicted octanol–water partition coefficient (Wildman–Crippen LogP) is 2.96. The highest BCUT2D eigenvalue weighted by atomic mass is 16.2. The van der Waals surface area contributed by atoms with Gasteiger partial charge in [-0.15, -0.1) is 0 Å². The quantitative estimate of drug-likeness (QED) is 0.751. The minimum atomic E-state index is -0.386. The van der Waals surface area contributed by atoms with Gasteiger partial charge in [-0.05, 0) is 30.4 Å². The molecular formula is C15H19NO2. The smallest absolute Gasteiger partial charge is 0.299 e. The maximum Gasteiger partial charge on any atom is 0.299 e. The van der Waals surface area contributed by atoms with E-state index in [0.717, 1.165) is 17.7 Å². The van der Waals surface area contributed by atoms with Crippen LogP contribution in [0.4, 0.5) is 5.69 Å². The molecule has 1 heterocycles. The molecule has 0 atom stereocenters. The van der Waals surface area contributed by atoms with E-state index in [9.17, 15) is 9.59 Å². The number of benzene rings is 1. The van der Waals surface area contributed by atoms with Crippen LogP contribution in [0.3, 0.4) is 0 Å². The van der Waals surface area contributed by atoms with E-state index in [1.54, 1.807) is 11.0 Å². The highest BCUT2D eigenvalue weighted by Gasteiger charge is 2.36. The fourth-order valence-corrected chi connectivity index (χ4v) is 2.20. The Morgan fingerprint density at radius 3 is 2.44 bits per heavy atom. The molecule has 0 aliphatic carbocycles. The lowest BCUT2D eigenvalue weighted by Crippen LogP contribution is -2.32. The Hall–Kier alpha value is -1.64. The second-order valence-electron chi connectivity index (χ2n) is 6.07. The van der Waals surface area contributed by atoms with Crippen molar-refractivity contribution < 1.29 is 9.59 Å². The fraction of sp³-hybridized carbons (Fsp3) is 0.467. The van der Waals surface area contributed by atoms with Gasteiger partial charge in [0.2, 0.25) is 0 Å². The summed E-state index contributed by atoms with van der Waals surface area (Å²) in [5.74, 6) is -0.758. The standard InChI is InChI=1S/C15H19NO2/c1-10-6-5-7-11-12(10)16(14(18)13(11)17)9-8-15(2,3)4/h5-7H,8-9H2,1-4H3. The molecule has 0 aromatic heterocycles. The number of anilines is 1. The number of nitrogens with zero attached hydrogens (tertiary/aromatic N) is 1. The van der Waals surface area contributed by atoms with Gasteiger partial charge in [0.25, 0.3) is 11.7 Å². The molecule has 3 heteroatoms. The SMILES string of the molecule is Cc1cccc2c1N(CCC(C)(C)C)C(=O)C2=O. The molecule has 18 heavy (non-hydrogen) atoms. The number of carbonyl (C=O) groups excluding carboxylic acids is 2. The fourth-order valence-electron chi connectivity index (χ4n) is 2.20. The number of rotatable bonds is 2. The van der Waals surface area contributed by atoms with Gasteiger partial charge in [0, 0.05) is 6.54 Å². The Morgan fingerprint density at radius 2 is 1.83 bits per heavy atom. The van der Waals surface area contributed by atoms with Gasteiger partial charge in [0.15, 0.2) is 0 Å². The van der Waals surface area contributed by atoms with Crippen LogP contribution in [0.1, 0.15) is 43.1 Å². The van der Waals surface area contributed by atoms with Crippen LogP contribution in [0.15, 0.2) is 18.2 Å². The van der Waals surface area contributed by atoms with Gasteiger partial charge in [-0.3, -0.25) is 9.59 Å². The molecule has 1 amide bonds.